The number of carbonyl (C=O) groups is 3. The summed E-state index contributed by atoms with van der Waals surface area (Å²) >= 11 is 0. The summed E-state index contributed by atoms with van der Waals surface area (Å²) in [6.07, 6.45) is 11.3. The predicted octanol–water partition coefficient (Wildman–Crippen LogP) is 3.62. The smallest absolute Gasteiger partial charge is 0.312 e. The molecule has 1 saturated carbocycles. The number of esters is 1. The first kappa shape index (κ1) is 28.8. The van der Waals surface area contributed by atoms with Crippen LogP contribution in [-0.4, -0.2) is 82.3 Å². The van der Waals surface area contributed by atoms with Gasteiger partial charge in [0.25, 0.3) is 0 Å². The van der Waals surface area contributed by atoms with E-state index in [1.54, 1.807) is 17.1 Å². The van der Waals surface area contributed by atoms with Gasteiger partial charge in [-0.25, -0.2) is 0 Å². The van der Waals surface area contributed by atoms with Crippen LogP contribution in [0.5, 0.6) is 0 Å². The molecule has 1 spiro atoms. The molecule has 0 aromatic carbocycles. The predicted molar refractivity (Wildman–Crippen MR) is 144 cm³/mol. The van der Waals surface area contributed by atoms with Crippen LogP contribution in [0.25, 0.3) is 0 Å². The zero-order valence-electron chi connectivity index (χ0n) is 23.2. The van der Waals surface area contributed by atoms with Crippen LogP contribution in [0, 0.1) is 17.8 Å². The number of aliphatic hydroxyl groups is 1. The molecule has 2 bridgehead atoms. The summed E-state index contributed by atoms with van der Waals surface area (Å²) in [5, 5.41) is 10.4. The van der Waals surface area contributed by atoms with Crippen molar-refractivity contribution >= 4 is 17.8 Å². The van der Waals surface area contributed by atoms with Crippen LogP contribution in [0.2, 0.25) is 0 Å². The highest BCUT2D eigenvalue weighted by Gasteiger charge is 2.75. The lowest BCUT2D eigenvalue weighted by atomic mass is 9.70. The van der Waals surface area contributed by atoms with E-state index < -0.39 is 41.6 Å². The van der Waals surface area contributed by atoms with Gasteiger partial charge in [-0.2, -0.15) is 0 Å². The number of aliphatic hydroxyl groups excluding tert-OH is 1. The third-order valence-electron chi connectivity index (χ3n) is 9.01. The van der Waals surface area contributed by atoms with Gasteiger partial charge in [0.05, 0.1) is 37.2 Å². The fourth-order valence-corrected chi connectivity index (χ4v) is 7.46. The molecule has 8 nitrogen and oxygen atoms in total. The lowest BCUT2D eigenvalue weighted by molar-refractivity contribution is -0.157. The van der Waals surface area contributed by atoms with Gasteiger partial charge in [-0.3, -0.25) is 14.4 Å². The number of carbonyl (C=O) groups excluding carboxylic acids is 3. The molecule has 2 amide bonds. The molecule has 2 unspecified atom stereocenters. The van der Waals surface area contributed by atoms with E-state index in [2.05, 4.69) is 13.2 Å². The molecule has 1 N–H and O–H groups in total. The van der Waals surface area contributed by atoms with E-state index in [-0.39, 0.29) is 37.0 Å². The van der Waals surface area contributed by atoms with Crippen molar-refractivity contribution in [3.8, 4) is 0 Å². The molecule has 8 heteroatoms. The number of rotatable bonds is 13. The SMILES string of the molecule is C=CCCCOC(=O)[C@@H]1[C@H]2C(=O)N([C@@H](CO)CC(C)C)C(C(=O)N(CC=C)C3CCCCC3)C23CC[C@H]1O3. The van der Waals surface area contributed by atoms with Crippen LogP contribution < -0.4 is 0 Å². The first-order valence-corrected chi connectivity index (χ1v) is 14.6. The van der Waals surface area contributed by atoms with Crippen molar-refractivity contribution in [2.45, 2.75) is 108 Å². The highest BCUT2D eigenvalue weighted by Crippen LogP contribution is 2.59. The normalized spacial score (nSPS) is 31.4. The van der Waals surface area contributed by atoms with Gasteiger partial charge >= 0.3 is 5.97 Å². The van der Waals surface area contributed by atoms with Gasteiger partial charge < -0.3 is 24.4 Å². The second kappa shape index (κ2) is 12.3. The highest BCUT2D eigenvalue weighted by atomic mass is 16.6. The van der Waals surface area contributed by atoms with E-state index in [0.717, 1.165) is 38.5 Å². The van der Waals surface area contributed by atoms with Crippen LogP contribution in [0.15, 0.2) is 25.3 Å². The van der Waals surface area contributed by atoms with E-state index in [1.165, 1.54) is 0 Å². The minimum Gasteiger partial charge on any atom is -0.465 e. The Morgan fingerprint density at radius 2 is 1.95 bits per heavy atom. The van der Waals surface area contributed by atoms with Gasteiger partial charge in [0.1, 0.15) is 11.6 Å². The van der Waals surface area contributed by atoms with Crippen LogP contribution in [-0.2, 0) is 23.9 Å². The third-order valence-corrected chi connectivity index (χ3v) is 9.01. The third kappa shape index (κ3) is 5.18. The Bertz CT molecular complexity index is 899. The summed E-state index contributed by atoms with van der Waals surface area (Å²) in [5.41, 5.74) is -1.08. The number of hydrogen-bond donors (Lipinski definition) is 1. The van der Waals surface area contributed by atoms with Crippen molar-refractivity contribution in [1.29, 1.82) is 0 Å². The van der Waals surface area contributed by atoms with Gasteiger partial charge in [-0.1, -0.05) is 45.3 Å². The zero-order chi connectivity index (χ0) is 27.4. The maximum atomic E-state index is 14.5. The summed E-state index contributed by atoms with van der Waals surface area (Å²) in [6, 6.07) is -1.31. The molecule has 1 aliphatic carbocycles. The minimum atomic E-state index is -1.08. The molecule has 4 aliphatic rings. The quantitative estimate of drug-likeness (QED) is 0.222. The van der Waals surface area contributed by atoms with E-state index >= 15 is 0 Å². The summed E-state index contributed by atoms with van der Waals surface area (Å²) in [7, 11) is 0. The number of ether oxygens (including phenoxy) is 2. The maximum Gasteiger partial charge on any atom is 0.312 e. The van der Waals surface area contributed by atoms with Crippen molar-refractivity contribution in [2.24, 2.45) is 17.8 Å². The lowest BCUT2D eigenvalue weighted by Gasteiger charge is -2.42. The number of hydrogen-bond acceptors (Lipinski definition) is 6. The Morgan fingerprint density at radius 1 is 1.21 bits per heavy atom. The van der Waals surface area contributed by atoms with Crippen LogP contribution in [0.1, 0.15) is 78.1 Å². The molecule has 4 rings (SSSR count). The van der Waals surface area contributed by atoms with Crippen molar-refractivity contribution in [3.63, 3.8) is 0 Å². The number of amides is 2. The number of nitrogens with zero attached hydrogens (tertiary/aromatic N) is 2. The Hall–Kier alpha value is -2.19. The van der Waals surface area contributed by atoms with E-state index in [4.69, 9.17) is 9.47 Å². The topological polar surface area (TPSA) is 96.4 Å². The second-order valence-electron chi connectivity index (χ2n) is 11.9. The largest absolute Gasteiger partial charge is 0.465 e. The van der Waals surface area contributed by atoms with Crippen LogP contribution >= 0.6 is 0 Å². The molecule has 212 valence electrons. The Kier molecular flexibility index (Phi) is 9.35. The first-order chi connectivity index (χ1) is 18.3. The van der Waals surface area contributed by atoms with Gasteiger partial charge in [-0.15, -0.1) is 13.2 Å². The molecule has 3 heterocycles. The van der Waals surface area contributed by atoms with E-state index in [1.807, 2.05) is 18.7 Å². The molecule has 3 aliphatic heterocycles. The number of unbranched alkanes of at least 4 members (excludes halogenated alkanes) is 1. The fourth-order valence-electron chi connectivity index (χ4n) is 7.46. The fraction of sp³-hybridized carbons (Fsp3) is 0.767. The molecular weight excluding hydrogens is 484 g/mol. The van der Waals surface area contributed by atoms with Gasteiger partial charge in [0.15, 0.2) is 0 Å². The summed E-state index contributed by atoms with van der Waals surface area (Å²) in [4.78, 5) is 45.6. The molecule has 6 atom stereocenters. The number of fused-ring (bicyclic) bond motifs is 1. The van der Waals surface area contributed by atoms with Crippen molar-refractivity contribution in [3.05, 3.63) is 25.3 Å². The molecule has 4 fully saturated rings. The summed E-state index contributed by atoms with van der Waals surface area (Å²) in [5.74, 6) is -2.14. The first-order valence-electron chi connectivity index (χ1n) is 14.6. The number of likely N-dealkylation sites (tertiary alicyclic amines) is 1. The second-order valence-corrected chi connectivity index (χ2v) is 11.9. The standard InChI is InChI=1S/C30H46N2O6/c1-5-7-11-17-37-29(36)24-23-14-15-30(38-23)25(24)27(34)32(22(19-33)18-20(3)4)26(30)28(35)31(16-6-2)21-12-9-8-10-13-21/h5-6,20-26,33H,1-2,7-19H2,3-4H3/t22-,23-,24+,25+,26?,30?/m1/s1. The minimum absolute atomic E-state index is 0.0866. The molecule has 0 aromatic rings. The maximum absolute atomic E-state index is 14.5. The van der Waals surface area contributed by atoms with E-state index in [9.17, 15) is 19.5 Å². The molecule has 0 radical (unpaired) electrons. The molecule has 38 heavy (non-hydrogen) atoms. The lowest BCUT2D eigenvalue weighted by Crippen LogP contribution is -2.60. The Balaban J connectivity index is 1.70. The summed E-state index contributed by atoms with van der Waals surface area (Å²) < 4.78 is 12.2. The monoisotopic (exact) mass is 530 g/mol. The molecule has 0 aromatic heterocycles. The average Bonchev–Trinajstić information content (AvgIpc) is 3.55. The summed E-state index contributed by atoms with van der Waals surface area (Å²) in [6.45, 7) is 12.1. The Morgan fingerprint density at radius 3 is 2.58 bits per heavy atom. The molecular formula is C30H46N2O6. The van der Waals surface area contributed by atoms with Gasteiger partial charge in [0.2, 0.25) is 11.8 Å². The molecule has 3 saturated heterocycles. The van der Waals surface area contributed by atoms with Gasteiger partial charge in [-0.05, 0) is 50.9 Å². The average molecular weight is 531 g/mol. The highest BCUT2D eigenvalue weighted by molar-refractivity contribution is 5.98. The van der Waals surface area contributed by atoms with Crippen molar-refractivity contribution in [1.82, 2.24) is 9.80 Å². The van der Waals surface area contributed by atoms with Crippen LogP contribution in [0.4, 0.5) is 0 Å². The number of allylic oxidation sites excluding steroid dienone is 1. The van der Waals surface area contributed by atoms with Crippen LogP contribution in [0.3, 0.4) is 0 Å². The van der Waals surface area contributed by atoms with Crippen molar-refractivity contribution < 1.29 is 29.0 Å². The zero-order valence-corrected chi connectivity index (χ0v) is 23.2. The van der Waals surface area contributed by atoms with Gasteiger partial charge in [0, 0.05) is 12.6 Å². The Labute approximate surface area is 227 Å². The van der Waals surface area contributed by atoms with Crippen molar-refractivity contribution in [2.75, 3.05) is 19.8 Å². The van der Waals surface area contributed by atoms with E-state index in [0.29, 0.717) is 32.2 Å².